The van der Waals surface area contributed by atoms with Crippen LogP contribution in [-0.2, 0) is 9.53 Å². The van der Waals surface area contributed by atoms with Crippen LogP contribution in [0.15, 0.2) is 11.6 Å². The van der Waals surface area contributed by atoms with Gasteiger partial charge >= 0.3 is 5.97 Å². The number of hydrogen-bond donors (Lipinski definition) is 1. The van der Waals surface area contributed by atoms with Gasteiger partial charge in [0.2, 0.25) is 0 Å². The van der Waals surface area contributed by atoms with Crippen molar-refractivity contribution >= 4 is 5.97 Å². The van der Waals surface area contributed by atoms with E-state index >= 15 is 0 Å². The molecule has 188 valence electrons. The van der Waals surface area contributed by atoms with E-state index in [1.807, 2.05) is 20.9 Å². The summed E-state index contributed by atoms with van der Waals surface area (Å²) in [6, 6.07) is 0.938. The predicted octanol–water partition coefficient (Wildman–Crippen LogP) is 5.67. The maximum absolute atomic E-state index is 12.7. The maximum atomic E-state index is 12.7. The second kappa shape index (κ2) is 9.30. The number of nitrogens with one attached hydrogen (secondary N) is 1. The summed E-state index contributed by atoms with van der Waals surface area (Å²) in [6.45, 7) is 11.6. The van der Waals surface area contributed by atoms with Crippen molar-refractivity contribution in [1.82, 2.24) is 10.2 Å². The third-order valence-corrected chi connectivity index (χ3v) is 11.2. The van der Waals surface area contributed by atoms with Gasteiger partial charge in [0, 0.05) is 24.1 Å². The minimum absolute atomic E-state index is 0.00352. The number of likely N-dealkylation sites (N-methyl/N-ethyl adjacent to an activating group) is 1. The van der Waals surface area contributed by atoms with Crippen LogP contribution in [0.1, 0.15) is 86.0 Å². The van der Waals surface area contributed by atoms with Crippen molar-refractivity contribution in [3.63, 3.8) is 0 Å². The lowest BCUT2D eigenvalue weighted by molar-refractivity contribution is -0.177. The molecule has 0 unspecified atom stereocenters. The number of ether oxygens (including phenoxy) is 1. The summed E-state index contributed by atoms with van der Waals surface area (Å²) in [5.74, 6) is 3.65. The summed E-state index contributed by atoms with van der Waals surface area (Å²) in [7, 11) is 6.56. The largest absolute Gasteiger partial charge is 0.457 e. The summed E-state index contributed by atoms with van der Waals surface area (Å²) < 4.78 is 6.22. The number of fused-ring (bicyclic) bond motifs is 5. The van der Waals surface area contributed by atoms with Crippen molar-refractivity contribution in [3.8, 4) is 0 Å². The topological polar surface area (TPSA) is 41.6 Å². The zero-order chi connectivity index (χ0) is 24.1. The van der Waals surface area contributed by atoms with Gasteiger partial charge in [-0.1, -0.05) is 19.4 Å². The van der Waals surface area contributed by atoms with E-state index in [1.54, 1.807) is 6.08 Å². The van der Waals surface area contributed by atoms with E-state index in [9.17, 15) is 4.79 Å². The molecule has 0 spiro atoms. The molecule has 0 aromatic heterocycles. The van der Waals surface area contributed by atoms with E-state index in [-0.39, 0.29) is 18.1 Å². The molecule has 0 saturated heterocycles. The van der Waals surface area contributed by atoms with Crippen molar-refractivity contribution in [1.29, 1.82) is 0 Å². The van der Waals surface area contributed by atoms with Gasteiger partial charge in [0.15, 0.2) is 0 Å². The molecular weight excluding hydrogens is 408 g/mol. The van der Waals surface area contributed by atoms with Gasteiger partial charge in [0.05, 0.1) is 0 Å². The van der Waals surface area contributed by atoms with E-state index in [4.69, 9.17) is 4.74 Å². The molecule has 4 heteroatoms. The van der Waals surface area contributed by atoms with Gasteiger partial charge in [-0.3, -0.25) is 0 Å². The Balaban J connectivity index is 1.57. The molecule has 10 atom stereocenters. The minimum atomic E-state index is -0.154. The first kappa shape index (κ1) is 25.2. The third-order valence-electron chi connectivity index (χ3n) is 11.2. The first-order valence-corrected chi connectivity index (χ1v) is 13.7. The van der Waals surface area contributed by atoms with Crippen molar-refractivity contribution < 1.29 is 9.53 Å². The first-order chi connectivity index (χ1) is 15.5. The highest BCUT2D eigenvalue weighted by Gasteiger charge is 2.62. The predicted molar refractivity (Wildman–Crippen MR) is 136 cm³/mol. The number of carbonyl (C=O) groups excluding carboxylic acids is 1. The van der Waals surface area contributed by atoms with Crippen LogP contribution in [-0.4, -0.2) is 50.2 Å². The number of nitrogens with zero attached hydrogens (tertiary/aromatic N) is 1. The fourth-order valence-corrected chi connectivity index (χ4v) is 9.38. The summed E-state index contributed by atoms with van der Waals surface area (Å²) >= 11 is 0. The fraction of sp³-hybridized carbons (Fsp3) is 0.897. The molecule has 0 amide bonds. The molecule has 0 bridgehead atoms. The van der Waals surface area contributed by atoms with E-state index in [0.29, 0.717) is 22.8 Å². The molecule has 0 aromatic carbocycles. The molecule has 1 N–H and O–H groups in total. The van der Waals surface area contributed by atoms with Gasteiger partial charge in [0.25, 0.3) is 0 Å². The fourth-order valence-electron chi connectivity index (χ4n) is 9.38. The maximum Gasteiger partial charge on any atom is 0.331 e. The zero-order valence-electron chi connectivity index (χ0n) is 22.6. The molecule has 4 nitrogen and oxygen atoms in total. The van der Waals surface area contributed by atoms with Crippen LogP contribution in [0.5, 0.6) is 0 Å². The second-order valence-corrected chi connectivity index (χ2v) is 13.1. The zero-order valence-corrected chi connectivity index (χ0v) is 22.6. The summed E-state index contributed by atoms with van der Waals surface area (Å²) in [5.41, 5.74) is 1.79. The number of allylic oxidation sites excluding steroid dienone is 1. The lowest BCUT2D eigenvalue weighted by atomic mass is 9.44. The Morgan fingerprint density at radius 2 is 1.61 bits per heavy atom. The number of esters is 1. The number of rotatable bonds is 5. The Bertz CT molecular complexity index is 759. The van der Waals surface area contributed by atoms with Crippen molar-refractivity contribution in [2.75, 3.05) is 21.1 Å². The SMILES string of the molecule is CN[C@@H]1CC[C@]2(C)[C@H]3CC[C@]4(C)[C@@H]([C@H](C)N(C)C)CC[C@H]4[C@@H]3CC[C@H]2[C@@H]1OC(=O)C=C(C)C. The van der Waals surface area contributed by atoms with Gasteiger partial charge in [-0.15, -0.1) is 0 Å². The quantitative estimate of drug-likeness (QED) is 0.426. The highest BCUT2D eigenvalue weighted by Crippen LogP contribution is 2.68. The molecule has 4 rings (SSSR count). The van der Waals surface area contributed by atoms with Crippen molar-refractivity contribution in [2.24, 2.45) is 40.4 Å². The Labute approximate surface area is 203 Å². The molecule has 33 heavy (non-hydrogen) atoms. The molecule has 0 heterocycles. The van der Waals surface area contributed by atoms with Gasteiger partial charge in [0.1, 0.15) is 6.10 Å². The van der Waals surface area contributed by atoms with Crippen molar-refractivity contribution in [3.05, 3.63) is 11.6 Å². The van der Waals surface area contributed by atoms with Crippen LogP contribution in [0, 0.1) is 40.4 Å². The second-order valence-electron chi connectivity index (χ2n) is 13.1. The molecule has 0 aromatic rings. The molecule has 0 aliphatic heterocycles. The normalized spacial score (nSPS) is 45.5. The molecule has 0 radical (unpaired) electrons. The van der Waals surface area contributed by atoms with E-state index in [0.717, 1.165) is 35.7 Å². The van der Waals surface area contributed by atoms with E-state index in [2.05, 4.69) is 45.1 Å². The Hall–Kier alpha value is -0.870. The van der Waals surface area contributed by atoms with Gasteiger partial charge in [-0.25, -0.2) is 4.79 Å². The Morgan fingerprint density at radius 3 is 2.24 bits per heavy atom. The lowest BCUT2D eigenvalue weighted by Crippen LogP contribution is -2.61. The van der Waals surface area contributed by atoms with Crippen LogP contribution < -0.4 is 5.32 Å². The smallest absolute Gasteiger partial charge is 0.331 e. The monoisotopic (exact) mass is 458 g/mol. The van der Waals surface area contributed by atoms with E-state index in [1.165, 1.54) is 44.9 Å². The molecular formula is C29H50N2O2. The average Bonchev–Trinajstić information content (AvgIpc) is 3.09. The molecule has 4 aliphatic rings. The lowest BCUT2D eigenvalue weighted by Gasteiger charge is -2.62. The van der Waals surface area contributed by atoms with Crippen LogP contribution in [0.25, 0.3) is 0 Å². The summed E-state index contributed by atoms with van der Waals surface area (Å²) in [5, 5.41) is 3.50. The van der Waals surface area contributed by atoms with Crippen LogP contribution in [0.2, 0.25) is 0 Å². The molecule has 4 fully saturated rings. The van der Waals surface area contributed by atoms with Crippen molar-refractivity contribution in [2.45, 2.75) is 104 Å². The average molecular weight is 459 g/mol. The van der Waals surface area contributed by atoms with Gasteiger partial charge < -0.3 is 15.0 Å². The van der Waals surface area contributed by atoms with Crippen LogP contribution >= 0.6 is 0 Å². The molecule has 4 aliphatic carbocycles. The Morgan fingerprint density at radius 1 is 0.970 bits per heavy atom. The standard InChI is InChI=1S/C29H50N2O2/c1-18(2)17-26(32)33-27-24-10-9-20-22-12-11-21(19(3)31(7)8)28(22,4)15-13-23(20)29(24,5)16-14-25(27)30-6/h17,19-25,27,30H,9-16H2,1-8H3/t19-,20-,21+,22-,23-,24-,25+,27-,28+,29+/m0/s1. The minimum Gasteiger partial charge on any atom is -0.457 e. The summed E-state index contributed by atoms with van der Waals surface area (Å²) in [6.07, 6.45) is 12.1. The highest BCUT2D eigenvalue weighted by atomic mass is 16.5. The summed E-state index contributed by atoms with van der Waals surface area (Å²) in [4.78, 5) is 15.1. The van der Waals surface area contributed by atoms with Gasteiger partial charge in [-0.2, -0.15) is 0 Å². The van der Waals surface area contributed by atoms with E-state index < -0.39 is 0 Å². The number of carbonyl (C=O) groups is 1. The van der Waals surface area contributed by atoms with Gasteiger partial charge in [-0.05, 0) is 128 Å². The Kier molecular flexibility index (Phi) is 7.11. The number of hydrogen-bond acceptors (Lipinski definition) is 4. The highest BCUT2D eigenvalue weighted by molar-refractivity contribution is 5.82. The van der Waals surface area contributed by atoms with Crippen LogP contribution in [0.4, 0.5) is 0 Å². The first-order valence-electron chi connectivity index (χ1n) is 13.7. The van der Waals surface area contributed by atoms with Crippen LogP contribution in [0.3, 0.4) is 0 Å². The molecule has 4 saturated carbocycles. The third kappa shape index (κ3) is 4.22.